The Morgan fingerprint density at radius 3 is 2.33 bits per heavy atom. The van der Waals surface area contributed by atoms with E-state index < -0.39 is 0 Å². The standard InChI is InChI=1S/C15H25NOS/c1-10(2)14-5-11-4-12(6-14)8-15(7-11,9-14)16-13(17)18-3/h10-12H,4-9H2,1-3H3,(H,16,17)/t11-,12+,14?,15?. The van der Waals surface area contributed by atoms with E-state index in [2.05, 4.69) is 19.2 Å². The maximum absolute atomic E-state index is 11.8. The van der Waals surface area contributed by atoms with E-state index in [-0.39, 0.29) is 10.8 Å². The minimum Gasteiger partial charge on any atom is -0.342 e. The Morgan fingerprint density at radius 1 is 1.22 bits per heavy atom. The lowest BCUT2D eigenvalue weighted by Crippen LogP contribution is -2.63. The van der Waals surface area contributed by atoms with Gasteiger partial charge in [-0.3, -0.25) is 4.79 Å². The summed E-state index contributed by atoms with van der Waals surface area (Å²) in [6.45, 7) is 4.77. The molecule has 1 amide bonds. The fourth-order valence-electron chi connectivity index (χ4n) is 5.42. The molecule has 0 heterocycles. The second-order valence-electron chi connectivity index (χ2n) is 7.38. The lowest BCUT2D eigenvalue weighted by Gasteiger charge is -2.63. The molecule has 4 fully saturated rings. The van der Waals surface area contributed by atoms with E-state index in [1.54, 1.807) is 0 Å². The summed E-state index contributed by atoms with van der Waals surface area (Å²) >= 11 is 1.33. The smallest absolute Gasteiger partial charge is 0.279 e. The predicted molar refractivity (Wildman–Crippen MR) is 76.7 cm³/mol. The maximum Gasteiger partial charge on any atom is 0.279 e. The van der Waals surface area contributed by atoms with E-state index in [0.717, 1.165) is 17.8 Å². The molecular weight excluding hydrogens is 242 g/mol. The first kappa shape index (κ1) is 12.8. The van der Waals surface area contributed by atoms with Gasteiger partial charge in [0.15, 0.2) is 0 Å². The highest BCUT2D eigenvalue weighted by Gasteiger charge is 2.58. The van der Waals surface area contributed by atoms with Crippen LogP contribution in [0.15, 0.2) is 0 Å². The third kappa shape index (κ3) is 1.90. The van der Waals surface area contributed by atoms with Crippen molar-refractivity contribution in [3.8, 4) is 0 Å². The van der Waals surface area contributed by atoms with Gasteiger partial charge >= 0.3 is 0 Å². The molecule has 2 unspecified atom stereocenters. The van der Waals surface area contributed by atoms with E-state index in [1.165, 1.54) is 50.3 Å². The molecule has 4 aliphatic rings. The Hall–Kier alpha value is -0.180. The predicted octanol–water partition coefficient (Wildman–Crippen LogP) is 4.05. The average Bonchev–Trinajstić information content (AvgIpc) is 2.26. The van der Waals surface area contributed by atoms with Crippen molar-refractivity contribution in [2.45, 2.75) is 57.9 Å². The summed E-state index contributed by atoms with van der Waals surface area (Å²) in [5.41, 5.74) is 0.671. The van der Waals surface area contributed by atoms with E-state index in [4.69, 9.17) is 0 Å². The van der Waals surface area contributed by atoms with Crippen LogP contribution in [0.1, 0.15) is 52.4 Å². The molecule has 2 nitrogen and oxygen atoms in total. The van der Waals surface area contributed by atoms with Gasteiger partial charge in [-0.1, -0.05) is 25.6 Å². The highest BCUT2D eigenvalue weighted by atomic mass is 32.2. The molecule has 0 aromatic carbocycles. The molecule has 0 spiro atoms. The van der Waals surface area contributed by atoms with E-state index in [0.29, 0.717) is 5.41 Å². The molecule has 4 bridgehead atoms. The first-order valence-corrected chi connectivity index (χ1v) is 8.56. The number of carbonyl (C=O) groups excluding carboxylic acids is 1. The molecule has 0 aromatic rings. The molecule has 4 rings (SSSR count). The molecule has 18 heavy (non-hydrogen) atoms. The van der Waals surface area contributed by atoms with Gasteiger partial charge in [0.1, 0.15) is 0 Å². The van der Waals surface area contributed by atoms with Crippen LogP contribution in [0.5, 0.6) is 0 Å². The first-order chi connectivity index (χ1) is 8.47. The summed E-state index contributed by atoms with van der Waals surface area (Å²) in [6.07, 6.45) is 9.85. The van der Waals surface area contributed by atoms with Crippen molar-refractivity contribution in [3.63, 3.8) is 0 Å². The zero-order chi connectivity index (χ0) is 13.0. The molecule has 3 heteroatoms. The van der Waals surface area contributed by atoms with Crippen molar-refractivity contribution in [2.24, 2.45) is 23.2 Å². The van der Waals surface area contributed by atoms with Gasteiger partial charge in [0, 0.05) is 5.54 Å². The second kappa shape index (κ2) is 4.16. The summed E-state index contributed by atoms with van der Waals surface area (Å²) in [6, 6.07) is 0. The van der Waals surface area contributed by atoms with Crippen molar-refractivity contribution >= 4 is 17.0 Å². The molecule has 4 atom stereocenters. The molecule has 0 aromatic heterocycles. The third-order valence-corrected chi connectivity index (χ3v) is 6.36. The van der Waals surface area contributed by atoms with E-state index in [1.807, 2.05) is 6.26 Å². The lowest BCUT2D eigenvalue weighted by molar-refractivity contribution is -0.0990. The SMILES string of the molecule is CSC(=O)NC12C[C@H]3C[C@@H](C1)CC(C(C)C)(C3)C2. The highest BCUT2D eigenvalue weighted by molar-refractivity contribution is 8.12. The maximum atomic E-state index is 11.8. The number of rotatable bonds is 2. The van der Waals surface area contributed by atoms with Crippen molar-refractivity contribution in [1.29, 1.82) is 0 Å². The summed E-state index contributed by atoms with van der Waals surface area (Å²) in [7, 11) is 0. The zero-order valence-corrected chi connectivity index (χ0v) is 12.6. The molecule has 0 saturated heterocycles. The second-order valence-corrected chi connectivity index (χ2v) is 8.15. The van der Waals surface area contributed by atoms with Crippen LogP contribution in [0.3, 0.4) is 0 Å². The quantitative estimate of drug-likeness (QED) is 0.817. The van der Waals surface area contributed by atoms with Crippen molar-refractivity contribution in [1.82, 2.24) is 5.32 Å². The first-order valence-electron chi connectivity index (χ1n) is 7.33. The van der Waals surface area contributed by atoms with Crippen molar-refractivity contribution in [3.05, 3.63) is 0 Å². The normalized spacial score (nSPS) is 45.6. The third-order valence-electron chi connectivity index (χ3n) is 5.88. The van der Waals surface area contributed by atoms with Crippen molar-refractivity contribution in [2.75, 3.05) is 6.26 Å². The number of amides is 1. The van der Waals surface area contributed by atoms with Crippen LogP contribution in [0.4, 0.5) is 4.79 Å². The van der Waals surface area contributed by atoms with Gasteiger partial charge in [-0.05, 0) is 67.9 Å². The lowest BCUT2D eigenvalue weighted by atomic mass is 9.44. The Morgan fingerprint density at radius 2 is 1.83 bits per heavy atom. The summed E-state index contributed by atoms with van der Waals surface area (Å²) in [5.74, 6) is 2.50. The molecule has 0 aliphatic heterocycles. The van der Waals surface area contributed by atoms with Crippen LogP contribution in [0.25, 0.3) is 0 Å². The number of hydrogen-bond donors (Lipinski definition) is 1. The Labute approximate surface area is 115 Å². The number of nitrogens with one attached hydrogen (secondary N) is 1. The average molecular weight is 267 g/mol. The number of carbonyl (C=O) groups is 1. The van der Waals surface area contributed by atoms with Crippen LogP contribution in [-0.2, 0) is 0 Å². The largest absolute Gasteiger partial charge is 0.342 e. The van der Waals surface area contributed by atoms with Gasteiger partial charge in [-0.2, -0.15) is 0 Å². The van der Waals surface area contributed by atoms with Crippen molar-refractivity contribution < 1.29 is 4.79 Å². The van der Waals surface area contributed by atoms with E-state index in [9.17, 15) is 4.79 Å². The molecule has 4 aliphatic carbocycles. The highest BCUT2D eigenvalue weighted by Crippen LogP contribution is 2.64. The van der Waals surface area contributed by atoms with Crippen LogP contribution < -0.4 is 5.32 Å². The fourth-order valence-corrected chi connectivity index (χ4v) is 5.74. The Kier molecular flexibility index (Phi) is 2.96. The van der Waals surface area contributed by atoms with Gasteiger partial charge in [-0.15, -0.1) is 0 Å². The Balaban J connectivity index is 1.87. The molecule has 102 valence electrons. The Bertz CT molecular complexity index is 352. The number of hydrogen-bond acceptors (Lipinski definition) is 2. The van der Waals surface area contributed by atoms with Gasteiger partial charge < -0.3 is 5.32 Å². The van der Waals surface area contributed by atoms with Crippen LogP contribution in [-0.4, -0.2) is 17.0 Å². The zero-order valence-electron chi connectivity index (χ0n) is 11.8. The summed E-state index contributed by atoms with van der Waals surface area (Å²) < 4.78 is 0. The van der Waals surface area contributed by atoms with E-state index >= 15 is 0 Å². The minimum absolute atomic E-state index is 0.147. The van der Waals surface area contributed by atoms with Crippen LogP contribution in [0, 0.1) is 23.2 Å². The molecular formula is C15H25NOS. The topological polar surface area (TPSA) is 29.1 Å². The fraction of sp³-hybridized carbons (Fsp3) is 0.933. The molecule has 1 N–H and O–H groups in total. The van der Waals surface area contributed by atoms with Crippen LogP contribution in [0.2, 0.25) is 0 Å². The van der Waals surface area contributed by atoms with Crippen LogP contribution >= 0.6 is 11.8 Å². The van der Waals surface area contributed by atoms with Gasteiger partial charge in [0.25, 0.3) is 5.24 Å². The summed E-state index contributed by atoms with van der Waals surface area (Å²) in [4.78, 5) is 11.8. The molecule has 0 radical (unpaired) electrons. The van der Waals surface area contributed by atoms with Gasteiger partial charge in [0.05, 0.1) is 0 Å². The monoisotopic (exact) mass is 267 g/mol. The number of thioether (sulfide) groups is 1. The van der Waals surface area contributed by atoms with Gasteiger partial charge in [0.2, 0.25) is 0 Å². The minimum atomic E-state index is 0.147. The summed E-state index contributed by atoms with van der Waals surface area (Å²) in [5, 5.41) is 3.55. The van der Waals surface area contributed by atoms with Gasteiger partial charge in [-0.25, -0.2) is 0 Å². The molecule has 4 saturated carbocycles.